The van der Waals surface area contributed by atoms with Gasteiger partial charge in [-0.15, -0.1) is 11.3 Å². The number of nitrogens with zero attached hydrogens (tertiary/aromatic N) is 2. The second kappa shape index (κ2) is 63.6. The van der Waals surface area contributed by atoms with Crippen LogP contribution in [0.15, 0.2) is 35.8 Å². The van der Waals surface area contributed by atoms with E-state index < -0.39 is 23.9 Å². The smallest absolute Gasteiger partial charge is 0.357 e. The van der Waals surface area contributed by atoms with Gasteiger partial charge in [0.15, 0.2) is 23.5 Å². The highest BCUT2D eigenvalue weighted by molar-refractivity contribution is 9.09. The molecule has 0 aliphatic heterocycles. The zero-order valence-electron chi connectivity index (χ0n) is 50.0. The highest BCUT2D eigenvalue weighted by Gasteiger charge is 2.22. The van der Waals surface area contributed by atoms with Gasteiger partial charge in [0.05, 0.1) is 183 Å². The fourth-order valence-corrected chi connectivity index (χ4v) is 6.48. The van der Waals surface area contributed by atoms with E-state index >= 15 is 0 Å². The molecule has 0 atom stereocenters. The van der Waals surface area contributed by atoms with Crippen molar-refractivity contribution in [1.82, 2.24) is 9.55 Å². The fraction of sp³-hybridized carbons (Fsp3) is 0.685. The van der Waals surface area contributed by atoms with Crippen LogP contribution in [0.3, 0.4) is 0 Å². The molecule has 29 nitrogen and oxygen atoms in total. The van der Waals surface area contributed by atoms with Gasteiger partial charge in [0.2, 0.25) is 5.78 Å². The Balaban J connectivity index is 0. The first-order valence-electron chi connectivity index (χ1n) is 26.7. The quantitative estimate of drug-likeness (QED) is 0.0270. The van der Waals surface area contributed by atoms with E-state index in [-0.39, 0.29) is 74.9 Å². The molecule has 0 fully saturated rings. The van der Waals surface area contributed by atoms with Crippen molar-refractivity contribution >= 4 is 85.4 Å². The molecule has 0 aliphatic carbocycles. The molecule has 496 valence electrons. The molecule has 0 saturated carbocycles. The summed E-state index contributed by atoms with van der Waals surface area (Å²) in [6.45, 7) is 12.4. The number of hydrogen-bond donors (Lipinski definition) is 2. The average molecular weight is 1340 g/mol. The van der Waals surface area contributed by atoms with Crippen molar-refractivity contribution in [2.75, 3.05) is 232 Å². The number of carboxylic acid groups (broad SMARTS) is 1. The highest BCUT2D eigenvalue weighted by atomic mass is 79.9. The van der Waals surface area contributed by atoms with E-state index in [2.05, 4.69) is 35.1 Å². The van der Waals surface area contributed by atoms with Crippen molar-refractivity contribution in [2.24, 2.45) is 0 Å². The maximum Gasteiger partial charge on any atom is 0.357 e. The van der Waals surface area contributed by atoms with E-state index in [1.165, 1.54) is 12.5 Å². The summed E-state index contributed by atoms with van der Waals surface area (Å²) in [6.07, 6.45) is 1.60. The van der Waals surface area contributed by atoms with Crippen molar-refractivity contribution in [3.63, 3.8) is 0 Å². The highest BCUT2D eigenvalue weighted by Crippen LogP contribution is 2.25. The molecule has 3 rings (SSSR count). The van der Waals surface area contributed by atoms with E-state index in [9.17, 15) is 28.8 Å². The van der Waals surface area contributed by atoms with Crippen LogP contribution in [0.4, 0.5) is 0 Å². The summed E-state index contributed by atoms with van der Waals surface area (Å²) in [5, 5.41) is 19.2. The Labute approximate surface area is 519 Å². The number of fused-ring (bicyclic) bond motifs is 1. The minimum Gasteiger partial charge on any atom is -0.480 e. The van der Waals surface area contributed by atoms with Crippen molar-refractivity contribution in [3.8, 4) is 0 Å². The molecule has 0 radical (unpaired) electrons. The molecular weight excluding hydrogens is 1260 g/mol. The number of alkyl halides is 2. The van der Waals surface area contributed by atoms with E-state index in [1.807, 2.05) is 12.1 Å². The van der Waals surface area contributed by atoms with Crippen LogP contribution < -0.4 is 0 Å². The van der Waals surface area contributed by atoms with Crippen molar-refractivity contribution < 1.29 is 129 Å². The summed E-state index contributed by atoms with van der Waals surface area (Å²) in [4.78, 5) is 71.9. The largest absolute Gasteiger partial charge is 0.480 e. The van der Waals surface area contributed by atoms with E-state index in [1.54, 1.807) is 58.3 Å². The molecule has 0 aliphatic rings. The lowest BCUT2D eigenvalue weighted by Crippen LogP contribution is -2.17. The first kappa shape index (κ1) is 83.6. The number of para-hydroxylation sites is 1. The van der Waals surface area contributed by atoms with Crippen LogP contribution >= 0.6 is 38.9 Å². The number of carbonyl (C=O) groups excluding carboxylic acids is 5. The molecule has 0 bridgehead atoms. The van der Waals surface area contributed by atoms with Crippen molar-refractivity contribution in [2.45, 2.75) is 13.7 Å². The van der Waals surface area contributed by atoms with Crippen LogP contribution in [0.25, 0.3) is 10.9 Å². The van der Waals surface area contributed by atoms with Gasteiger partial charge in [-0.2, -0.15) is 0 Å². The summed E-state index contributed by atoms with van der Waals surface area (Å²) in [7, 11) is 7.71. The molecule has 32 heteroatoms. The fourth-order valence-electron chi connectivity index (χ4n) is 5.46. The molecule has 2 aromatic heterocycles. The first-order valence-corrected chi connectivity index (χ1v) is 29.3. The number of methoxy groups -OCH3 is 5. The monoisotopic (exact) mass is 1340 g/mol. The Kier molecular flexibility index (Phi) is 61.8. The van der Waals surface area contributed by atoms with Gasteiger partial charge in [-0.05, 0) is 13.0 Å². The van der Waals surface area contributed by atoms with Gasteiger partial charge in [0, 0.05) is 45.4 Å². The molecule has 0 saturated heterocycles. The number of carboxylic acids is 1. The van der Waals surface area contributed by atoms with E-state index in [4.69, 9.17) is 97.6 Å². The third kappa shape index (κ3) is 50.5. The summed E-state index contributed by atoms with van der Waals surface area (Å²) < 4.78 is 96.1. The Morgan fingerprint density at radius 2 is 0.953 bits per heavy atom. The number of thiazole rings is 1. The van der Waals surface area contributed by atoms with Crippen LogP contribution in [0.2, 0.25) is 0 Å². The molecule has 3 aromatic rings. The summed E-state index contributed by atoms with van der Waals surface area (Å²) in [5.41, 5.74) is 1.16. The van der Waals surface area contributed by atoms with Crippen molar-refractivity contribution in [3.05, 3.63) is 52.1 Å². The third-order valence-electron chi connectivity index (χ3n) is 9.35. The van der Waals surface area contributed by atoms with Crippen LogP contribution in [-0.2, 0) is 116 Å². The number of aromatic nitrogens is 2. The molecule has 1 aromatic carbocycles. The van der Waals surface area contributed by atoms with Gasteiger partial charge in [0.25, 0.3) is 0 Å². The minimum absolute atomic E-state index is 0.0675. The van der Waals surface area contributed by atoms with Crippen LogP contribution in [0.5, 0.6) is 0 Å². The van der Waals surface area contributed by atoms with Gasteiger partial charge in [0.1, 0.15) is 25.2 Å². The lowest BCUT2D eigenvalue weighted by atomic mass is 10.1. The number of halogens is 2. The Bertz CT molecular complexity index is 2100. The van der Waals surface area contributed by atoms with Gasteiger partial charge < -0.3 is 105 Å². The number of rotatable bonds is 49. The predicted octanol–water partition coefficient (Wildman–Crippen LogP) is 3.10. The standard InChI is InChI=1S/C24H28N2O9S.C10H19ClO6.C9H18O6.C7H16O4.C4H7BrO2/c1-30-7-8-32-9-10-33-11-12-34-14-21(27)35-16-26-13-18(17-5-3-4-6-20(17)26)22(28)23-25-19(15-36-23)24(29)31-2;1-13-2-3-14-4-5-15-6-7-16-8-10(12)17-9-11;1-12-2-3-13-4-5-14-6-7-15-8-9(10)11;1-9-4-5-11-7-6-10-3-2-8;1-2-7-4(6)3-5/h3-6,13,15H,7-12,14,16H2,1-2H3;2-9H2,1H3;2-8H2,1H3,(H,10,11);8H,2-7H2,1H3;2-3H2,1H3. The van der Waals surface area contributed by atoms with Gasteiger partial charge in [-0.25, -0.2) is 24.2 Å². The maximum atomic E-state index is 13.1. The van der Waals surface area contributed by atoms with Crippen LogP contribution in [-0.4, -0.2) is 287 Å². The molecule has 0 unspecified atom stereocenters. The number of ketones is 1. The number of carbonyl (C=O) groups is 6. The molecule has 2 N–H and O–H groups in total. The molecule has 0 amide bonds. The van der Waals surface area contributed by atoms with E-state index in [0.29, 0.717) is 167 Å². The number of benzene rings is 1. The molecule has 86 heavy (non-hydrogen) atoms. The normalized spacial score (nSPS) is 10.5. The minimum atomic E-state index is -0.974. The van der Waals surface area contributed by atoms with Crippen molar-refractivity contribution in [1.29, 1.82) is 0 Å². The topological polar surface area (TPSA) is 336 Å². The Morgan fingerprint density at radius 3 is 1.34 bits per heavy atom. The number of hydrogen-bond acceptors (Lipinski definition) is 28. The third-order valence-corrected chi connectivity index (χ3v) is 10.8. The second-order valence-electron chi connectivity index (χ2n) is 15.7. The second-order valence-corrected chi connectivity index (χ2v) is 17.4. The van der Waals surface area contributed by atoms with Gasteiger partial charge >= 0.3 is 29.8 Å². The number of ether oxygens (including phenoxy) is 19. The lowest BCUT2D eigenvalue weighted by molar-refractivity contribution is -0.153. The van der Waals surface area contributed by atoms with Gasteiger partial charge in [-0.3, -0.25) is 9.59 Å². The molecule has 2 heterocycles. The average Bonchev–Trinajstić information content (AvgIpc) is 2.94. The number of aliphatic carboxylic acids is 1. The number of aliphatic hydroxyl groups is 1. The van der Waals surface area contributed by atoms with E-state index in [0.717, 1.165) is 11.3 Å². The zero-order chi connectivity index (χ0) is 63.9. The Morgan fingerprint density at radius 1 is 0.547 bits per heavy atom. The summed E-state index contributed by atoms with van der Waals surface area (Å²) in [6, 6.07) is 7.08. The van der Waals surface area contributed by atoms with Crippen LogP contribution in [0, 0.1) is 0 Å². The predicted molar refractivity (Wildman–Crippen MR) is 313 cm³/mol. The summed E-state index contributed by atoms with van der Waals surface area (Å²) >= 11 is 9.18. The van der Waals surface area contributed by atoms with Gasteiger partial charge in [-0.1, -0.05) is 45.7 Å². The molecular formula is C54H88BrClN2O27S. The lowest BCUT2D eigenvalue weighted by Gasteiger charge is -2.08. The maximum absolute atomic E-state index is 13.1. The van der Waals surface area contributed by atoms with Crippen LogP contribution in [0.1, 0.15) is 32.8 Å². The molecule has 0 spiro atoms. The number of aliphatic hydroxyl groups excluding tert-OH is 1. The first-order chi connectivity index (χ1) is 41.8. The number of esters is 4. The zero-order valence-corrected chi connectivity index (χ0v) is 53.2. The SMILES string of the molecule is CCOC(=O)CBr.COCCOCCOCCO.COCCOCCOCCOCC(=O)O.COCCOCCOCCOCC(=O)OCCl.COCCOCCOCCOCC(=O)OCn1cc(C(=O)c2nc(C(=O)OC)cs2)c2ccccc21. The summed E-state index contributed by atoms with van der Waals surface area (Å²) in [5.74, 6) is -3.17. The Hall–Kier alpha value is -4.46.